The lowest BCUT2D eigenvalue weighted by atomic mass is 10.1. The van der Waals surface area contributed by atoms with Gasteiger partial charge in [-0.05, 0) is 5.56 Å². The van der Waals surface area contributed by atoms with Crippen LogP contribution in [0.4, 0.5) is 5.69 Å². The summed E-state index contributed by atoms with van der Waals surface area (Å²) in [7, 11) is 0. The van der Waals surface area contributed by atoms with Gasteiger partial charge in [-0.25, -0.2) is 0 Å². The van der Waals surface area contributed by atoms with Crippen molar-refractivity contribution in [1.82, 2.24) is 15.3 Å². The van der Waals surface area contributed by atoms with Crippen LogP contribution in [-0.4, -0.2) is 38.2 Å². The van der Waals surface area contributed by atoms with Gasteiger partial charge in [-0.2, -0.15) is 0 Å². The summed E-state index contributed by atoms with van der Waals surface area (Å²) in [5.41, 5.74) is 6.73. The number of carbonyl (C=O) groups is 1. The van der Waals surface area contributed by atoms with Crippen molar-refractivity contribution in [2.24, 2.45) is 11.5 Å². The number of nitrogens with two attached hydrogens (primary N) is 2. The van der Waals surface area contributed by atoms with E-state index in [0.717, 1.165) is 12.1 Å². The Morgan fingerprint density at radius 3 is 2.50 bits per heavy atom. The molecule has 12 nitrogen and oxygen atoms in total. The van der Waals surface area contributed by atoms with Crippen molar-refractivity contribution in [3.05, 3.63) is 48.5 Å². The van der Waals surface area contributed by atoms with Gasteiger partial charge < -0.3 is 26.5 Å². The minimum Gasteiger partial charge on any atom is -0.392 e. The number of aliphatic hydroxyl groups is 1. The van der Waals surface area contributed by atoms with E-state index in [4.69, 9.17) is 16.6 Å². The van der Waals surface area contributed by atoms with Crippen molar-refractivity contribution in [1.29, 1.82) is 0 Å². The van der Waals surface area contributed by atoms with Gasteiger partial charge in [0.05, 0.1) is 22.6 Å². The fourth-order valence-electron chi connectivity index (χ4n) is 2.00. The number of primary amides is 1. The molecule has 1 heterocycles. The summed E-state index contributed by atoms with van der Waals surface area (Å²) in [6, 6.07) is 2.20. The Bertz CT molecular complexity index is 934. The van der Waals surface area contributed by atoms with Crippen LogP contribution >= 0.6 is 0 Å². The predicted octanol–water partition coefficient (Wildman–Crippen LogP) is -2.65. The average Bonchev–Trinajstić information content (AvgIpc) is 2.53. The molecule has 128 valence electrons. The molecule has 12 heteroatoms. The number of nitrogens with one attached hydrogen (secondary N) is 3. The Labute approximate surface area is 132 Å². The van der Waals surface area contributed by atoms with Gasteiger partial charge >= 0.3 is 11.1 Å². The van der Waals surface area contributed by atoms with Crippen LogP contribution in [0.3, 0.4) is 0 Å². The number of carbonyl (C=O) groups excluding carboxylic acids is 1. The molecular weight excluding hydrogens is 324 g/mol. The SMILES string of the molecule is NC(=O)[C@@](N)(CO)NCc1cc([N+](=O)[O-])cc2[nH]c(=O)c(=O)[nH]c12. The molecule has 0 saturated carbocycles. The maximum atomic E-state index is 11.5. The fraction of sp³-hybridized carbons (Fsp3) is 0.250. The summed E-state index contributed by atoms with van der Waals surface area (Å²) < 4.78 is 0. The van der Waals surface area contributed by atoms with Crippen LogP contribution in [0.1, 0.15) is 5.56 Å². The Hall–Kier alpha value is -3.09. The average molecular weight is 338 g/mol. The topological polar surface area (TPSA) is 210 Å². The summed E-state index contributed by atoms with van der Waals surface area (Å²) >= 11 is 0. The summed E-state index contributed by atoms with van der Waals surface area (Å²) in [6.45, 7) is -1.07. The second-order valence-electron chi connectivity index (χ2n) is 5.04. The molecule has 2 aromatic rings. The lowest BCUT2D eigenvalue weighted by Crippen LogP contribution is -2.64. The second-order valence-corrected chi connectivity index (χ2v) is 5.04. The number of non-ortho nitro benzene ring substituents is 1. The van der Waals surface area contributed by atoms with Crippen LogP contribution in [0.25, 0.3) is 11.0 Å². The molecule has 1 amide bonds. The highest BCUT2D eigenvalue weighted by molar-refractivity contribution is 5.84. The highest BCUT2D eigenvalue weighted by atomic mass is 16.6. The molecule has 2 rings (SSSR count). The molecule has 0 saturated heterocycles. The molecule has 0 radical (unpaired) electrons. The van der Waals surface area contributed by atoms with Crippen LogP contribution in [-0.2, 0) is 11.3 Å². The van der Waals surface area contributed by atoms with Crippen molar-refractivity contribution in [2.75, 3.05) is 6.61 Å². The van der Waals surface area contributed by atoms with E-state index in [0.29, 0.717) is 0 Å². The van der Waals surface area contributed by atoms with Gasteiger partial charge in [-0.3, -0.25) is 29.8 Å². The maximum absolute atomic E-state index is 11.5. The Morgan fingerprint density at radius 2 is 1.96 bits per heavy atom. The van der Waals surface area contributed by atoms with Gasteiger partial charge in [0, 0.05) is 18.7 Å². The monoisotopic (exact) mass is 338 g/mol. The molecule has 0 unspecified atom stereocenters. The first-order chi connectivity index (χ1) is 11.2. The quantitative estimate of drug-likeness (QED) is 0.141. The maximum Gasteiger partial charge on any atom is 0.314 e. The summed E-state index contributed by atoms with van der Waals surface area (Å²) in [5, 5.41) is 22.6. The van der Waals surface area contributed by atoms with Crippen molar-refractivity contribution in [3.8, 4) is 0 Å². The minimum atomic E-state index is -1.96. The summed E-state index contributed by atoms with van der Waals surface area (Å²) in [6.07, 6.45) is 0. The van der Waals surface area contributed by atoms with Crippen LogP contribution in [0.2, 0.25) is 0 Å². The number of amides is 1. The van der Waals surface area contributed by atoms with Crippen LogP contribution in [0.15, 0.2) is 21.7 Å². The lowest BCUT2D eigenvalue weighted by Gasteiger charge is -2.25. The van der Waals surface area contributed by atoms with E-state index in [9.17, 15) is 24.5 Å². The molecule has 0 bridgehead atoms. The summed E-state index contributed by atoms with van der Waals surface area (Å²) in [4.78, 5) is 49.0. The van der Waals surface area contributed by atoms with Gasteiger partial charge in [0.15, 0.2) is 5.66 Å². The molecule has 1 aromatic carbocycles. The molecule has 0 aliphatic rings. The van der Waals surface area contributed by atoms with Crippen LogP contribution in [0, 0.1) is 10.1 Å². The van der Waals surface area contributed by atoms with Crippen molar-refractivity contribution in [3.63, 3.8) is 0 Å². The molecule has 1 aromatic heterocycles. The van der Waals surface area contributed by atoms with Crippen molar-refractivity contribution < 1.29 is 14.8 Å². The molecule has 0 aliphatic heterocycles. The zero-order valence-corrected chi connectivity index (χ0v) is 12.2. The highest BCUT2D eigenvalue weighted by Gasteiger charge is 2.30. The van der Waals surface area contributed by atoms with E-state index in [1.807, 2.05) is 0 Å². The second kappa shape index (κ2) is 6.19. The molecule has 0 aliphatic carbocycles. The zero-order chi connectivity index (χ0) is 18.1. The van der Waals surface area contributed by atoms with E-state index in [-0.39, 0.29) is 28.8 Å². The van der Waals surface area contributed by atoms with E-state index < -0.39 is 34.2 Å². The number of aliphatic hydroxyl groups excluding tert-OH is 1. The number of fused-ring (bicyclic) bond motifs is 1. The molecule has 0 spiro atoms. The number of H-pyrrole nitrogens is 2. The first kappa shape index (κ1) is 17.3. The van der Waals surface area contributed by atoms with Crippen LogP contribution in [0.5, 0.6) is 0 Å². The first-order valence-corrected chi connectivity index (χ1v) is 6.56. The Kier molecular flexibility index (Phi) is 4.45. The third-order valence-electron chi connectivity index (χ3n) is 3.39. The Morgan fingerprint density at radius 1 is 1.33 bits per heavy atom. The van der Waals surface area contributed by atoms with Gasteiger partial charge in [-0.1, -0.05) is 0 Å². The molecule has 24 heavy (non-hydrogen) atoms. The fourth-order valence-corrected chi connectivity index (χ4v) is 2.00. The molecule has 8 N–H and O–H groups in total. The van der Waals surface area contributed by atoms with Gasteiger partial charge in [-0.15, -0.1) is 0 Å². The van der Waals surface area contributed by atoms with E-state index >= 15 is 0 Å². The van der Waals surface area contributed by atoms with Gasteiger partial charge in [0.25, 0.3) is 11.6 Å². The predicted molar refractivity (Wildman–Crippen MR) is 81.9 cm³/mol. The van der Waals surface area contributed by atoms with Gasteiger partial charge in [0.1, 0.15) is 0 Å². The van der Waals surface area contributed by atoms with E-state index in [1.54, 1.807) is 0 Å². The van der Waals surface area contributed by atoms with Gasteiger partial charge in [0.2, 0.25) is 0 Å². The third kappa shape index (κ3) is 3.15. The number of hydrogen-bond donors (Lipinski definition) is 6. The number of hydrogen-bond acceptors (Lipinski definition) is 8. The van der Waals surface area contributed by atoms with E-state index in [2.05, 4.69) is 15.3 Å². The number of nitro groups is 1. The minimum absolute atomic E-state index is 0.0243. The van der Waals surface area contributed by atoms with Crippen molar-refractivity contribution >= 4 is 22.6 Å². The summed E-state index contributed by atoms with van der Waals surface area (Å²) in [5.74, 6) is -1.04. The highest BCUT2D eigenvalue weighted by Crippen LogP contribution is 2.21. The smallest absolute Gasteiger partial charge is 0.314 e. The van der Waals surface area contributed by atoms with Crippen LogP contribution < -0.4 is 27.9 Å². The standard InChI is InChI=1S/C12H14N6O6/c13-11(22)12(14,4-19)15-3-5-1-6(18(23)24)2-7-8(5)17-10(21)9(20)16-7/h1-2,15,19H,3-4,14H2,(H2,13,22)(H,16,20)(H,17,21)/t12-/m1/s1. The Balaban J connectivity index is 2.57. The molecular formula is C12H14N6O6. The zero-order valence-electron chi connectivity index (χ0n) is 12.2. The number of nitro benzene ring substituents is 1. The first-order valence-electron chi connectivity index (χ1n) is 6.56. The molecule has 1 atom stereocenters. The van der Waals surface area contributed by atoms with Crippen molar-refractivity contribution in [2.45, 2.75) is 12.2 Å². The number of aromatic nitrogens is 2. The largest absolute Gasteiger partial charge is 0.392 e. The lowest BCUT2D eigenvalue weighted by molar-refractivity contribution is -0.384. The number of rotatable bonds is 6. The normalized spacial score (nSPS) is 13.6. The third-order valence-corrected chi connectivity index (χ3v) is 3.39. The molecule has 0 fully saturated rings. The number of aromatic amines is 2. The van der Waals surface area contributed by atoms with E-state index in [1.165, 1.54) is 0 Å². The number of nitrogens with zero attached hydrogens (tertiary/aromatic N) is 1. The number of benzene rings is 1.